The van der Waals surface area contributed by atoms with E-state index in [0.29, 0.717) is 0 Å². The highest BCUT2D eigenvalue weighted by Gasteiger charge is 2.48. The molecule has 2 heterocycles. The second-order valence-corrected chi connectivity index (χ2v) is 11.4. The van der Waals surface area contributed by atoms with E-state index in [0.717, 1.165) is 12.8 Å². The summed E-state index contributed by atoms with van der Waals surface area (Å²) in [6.07, 6.45) is 10.8. The molecule has 2 aliphatic rings. The van der Waals surface area contributed by atoms with Gasteiger partial charge in [0.1, 0.15) is 7.05 Å². The molecule has 0 aliphatic carbocycles. The monoisotopic (exact) mass is 509 g/mol. The molecule has 0 saturated heterocycles. The Morgan fingerprint density at radius 3 is 2.36 bits per heavy atom. The molecule has 2 nitrogen and oxygen atoms in total. The Balaban J connectivity index is 1.47. The van der Waals surface area contributed by atoms with Gasteiger partial charge in [0.15, 0.2) is 5.71 Å². The van der Waals surface area contributed by atoms with Crippen molar-refractivity contribution < 1.29 is 4.58 Å². The highest BCUT2D eigenvalue weighted by molar-refractivity contribution is 6.08. The second kappa shape index (κ2) is 9.54. The molecule has 4 aromatic rings. The number of fused-ring (bicyclic) bond motifs is 4. The Labute approximate surface area is 232 Å². The summed E-state index contributed by atoms with van der Waals surface area (Å²) in [5.41, 5.74) is 9.05. The van der Waals surface area contributed by atoms with Gasteiger partial charge in [-0.25, -0.2) is 0 Å². The molecule has 2 heteroatoms. The van der Waals surface area contributed by atoms with Gasteiger partial charge in [-0.2, -0.15) is 4.58 Å². The van der Waals surface area contributed by atoms with Crippen LogP contribution < -0.4 is 4.90 Å². The molecule has 0 saturated carbocycles. The molecule has 0 radical (unpaired) electrons. The Morgan fingerprint density at radius 2 is 1.56 bits per heavy atom. The van der Waals surface area contributed by atoms with Crippen molar-refractivity contribution in [2.75, 3.05) is 19.0 Å². The third-order valence-corrected chi connectivity index (χ3v) is 8.99. The summed E-state index contributed by atoms with van der Waals surface area (Å²) in [5, 5.41) is 2.63. The molecular weight excluding hydrogens is 472 g/mol. The lowest BCUT2D eigenvalue weighted by atomic mass is 9.73. The fraction of sp³-hybridized carbons (Fsp3) is 0.216. The molecule has 0 aromatic heterocycles. The van der Waals surface area contributed by atoms with Crippen molar-refractivity contribution in [3.63, 3.8) is 0 Å². The van der Waals surface area contributed by atoms with E-state index in [9.17, 15) is 0 Å². The fourth-order valence-electron chi connectivity index (χ4n) is 7.13. The SMILES string of the molecule is C=CCC1(C)/C(=C\C=C\C2=[N+](C)c3ccc4ccccc4c3C2(C)Cc2ccccc2)N(C)c2ccccc21. The average molecular weight is 510 g/mol. The Kier molecular flexibility index (Phi) is 6.14. The Morgan fingerprint density at radius 1 is 0.846 bits per heavy atom. The summed E-state index contributed by atoms with van der Waals surface area (Å²) in [4.78, 5) is 2.34. The van der Waals surface area contributed by atoms with Crippen molar-refractivity contribution in [3.05, 3.63) is 144 Å². The predicted octanol–water partition coefficient (Wildman–Crippen LogP) is 8.49. The number of hydrogen-bond acceptors (Lipinski definition) is 1. The van der Waals surface area contributed by atoms with Gasteiger partial charge in [0.05, 0.1) is 5.41 Å². The van der Waals surface area contributed by atoms with Crippen molar-refractivity contribution in [1.29, 1.82) is 0 Å². The predicted molar refractivity (Wildman–Crippen MR) is 167 cm³/mol. The van der Waals surface area contributed by atoms with Gasteiger partial charge in [-0.15, -0.1) is 6.58 Å². The minimum Gasteiger partial charge on any atom is -0.347 e. The number of allylic oxidation sites excluding steroid dienone is 5. The molecule has 6 rings (SSSR count). The number of benzene rings is 4. The van der Waals surface area contributed by atoms with Crippen molar-refractivity contribution in [2.45, 2.75) is 37.5 Å². The van der Waals surface area contributed by atoms with Gasteiger partial charge in [-0.05, 0) is 66.8 Å². The lowest BCUT2D eigenvalue weighted by Crippen LogP contribution is -2.33. The van der Waals surface area contributed by atoms with Crippen LogP contribution in [0.4, 0.5) is 11.4 Å². The van der Waals surface area contributed by atoms with Gasteiger partial charge < -0.3 is 4.90 Å². The van der Waals surface area contributed by atoms with Crippen molar-refractivity contribution >= 4 is 27.9 Å². The topological polar surface area (TPSA) is 6.25 Å². The summed E-state index contributed by atoms with van der Waals surface area (Å²) in [7, 11) is 4.40. The molecule has 0 spiro atoms. The van der Waals surface area contributed by atoms with E-state index in [2.05, 4.69) is 153 Å². The minimum atomic E-state index is -0.170. The second-order valence-electron chi connectivity index (χ2n) is 11.4. The third kappa shape index (κ3) is 3.89. The summed E-state index contributed by atoms with van der Waals surface area (Å²) < 4.78 is 2.40. The zero-order valence-electron chi connectivity index (χ0n) is 23.5. The molecule has 0 N–H and O–H groups in total. The summed E-state index contributed by atoms with van der Waals surface area (Å²) in [6, 6.07) is 33.0. The number of nitrogens with zero attached hydrogens (tertiary/aromatic N) is 2. The van der Waals surface area contributed by atoms with E-state index >= 15 is 0 Å². The van der Waals surface area contributed by atoms with E-state index in [-0.39, 0.29) is 10.8 Å². The Hall–Kier alpha value is -4.17. The van der Waals surface area contributed by atoms with Crippen LogP contribution in [0.15, 0.2) is 128 Å². The van der Waals surface area contributed by atoms with Gasteiger partial charge in [0.25, 0.3) is 0 Å². The molecule has 39 heavy (non-hydrogen) atoms. The van der Waals surface area contributed by atoms with Crippen LogP contribution in [0.1, 0.15) is 37.0 Å². The van der Waals surface area contributed by atoms with Crippen LogP contribution in [-0.4, -0.2) is 24.4 Å². The molecule has 2 aliphatic heterocycles. The number of rotatable bonds is 6. The van der Waals surface area contributed by atoms with Crippen LogP contribution in [-0.2, 0) is 17.3 Å². The summed E-state index contributed by atoms with van der Waals surface area (Å²) >= 11 is 0. The van der Waals surface area contributed by atoms with Crippen LogP contribution in [0.2, 0.25) is 0 Å². The number of anilines is 1. The lowest BCUT2D eigenvalue weighted by Gasteiger charge is -2.27. The maximum absolute atomic E-state index is 4.09. The fourth-order valence-corrected chi connectivity index (χ4v) is 7.13. The van der Waals surface area contributed by atoms with Gasteiger partial charge in [0.2, 0.25) is 5.69 Å². The molecule has 2 unspecified atom stereocenters. The average Bonchev–Trinajstić information content (AvgIpc) is 3.29. The van der Waals surface area contributed by atoms with Crippen LogP contribution in [0.25, 0.3) is 10.8 Å². The van der Waals surface area contributed by atoms with E-state index in [1.54, 1.807) is 0 Å². The van der Waals surface area contributed by atoms with E-state index in [1.807, 2.05) is 6.08 Å². The summed E-state index contributed by atoms with van der Waals surface area (Å²) in [6.45, 7) is 8.85. The van der Waals surface area contributed by atoms with Crippen molar-refractivity contribution in [1.82, 2.24) is 0 Å². The Bertz CT molecular complexity index is 1670. The van der Waals surface area contributed by atoms with Gasteiger partial charge in [-0.1, -0.05) is 84.9 Å². The normalized spacial score (nSPS) is 23.2. The number of likely N-dealkylation sites (N-methyl/N-ethyl adjacent to an activating group) is 1. The molecule has 0 amide bonds. The number of para-hydroxylation sites is 1. The third-order valence-electron chi connectivity index (χ3n) is 8.99. The zero-order valence-corrected chi connectivity index (χ0v) is 23.5. The molecule has 2 atom stereocenters. The van der Waals surface area contributed by atoms with Crippen LogP contribution >= 0.6 is 0 Å². The standard InChI is InChI=1S/C37H37N2/c1-6-25-36(2)30-19-12-13-20-31(30)38(4)33(36)21-14-22-34-37(3,26-27-15-8-7-9-16-27)35-29-18-11-10-17-28(29)23-24-32(35)39(34)5/h6-24H,1,25-26H2,2-5H3/q+1. The number of hydrogen-bond donors (Lipinski definition) is 0. The molecule has 194 valence electrons. The van der Waals surface area contributed by atoms with Gasteiger partial charge in [0, 0.05) is 41.6 Å². The molecule has 0 fully saturated rings. The zero-order chi connectivity index (χ0) is 27.2. The molecule has 0 bridgehead atoms. The largest absolute Gasteiger partial charge is 0.347 e. The highest BCUT2D eigenvalue weighted by Crippen LogP contribution is 2.49. The molecule has 4 aromatic carbocycles. The van der Waals surface area contributed by atoms with Crippen molar-refractivity contribution in [3.8, 4) is 0 Å². The quantitative estimate of drug-likeness (QED) is 0.187. The smallest absolute Gasteiger partial charge is 0.210 e. The first-order valence-electron chi connectivity index (χ1n) is 13.9. The highest BCUT2D eigenvalue weighted by atomic mass is 15.2. The summed E-state index contributed by atoms with van der Waals surface area (Å²) in [5.74, 6) is 0. The maximum Gasteiger partial charge on any atom is 0.210 e. The van der Waals surface area contributed by atoms with E-state index in [4.69, 9.17) is 0 Å². The first-order chi connectivity index (χ1) is 18.9. The van der Waals surface area contributed by atoms with Gasteiger partial charge >= 0.3 is 0 Å². The van der Waals surface area contributed by atoms with Crippen molar-refractivity contribution in [2.24, 2.45) is 0 Å². The molecular formula is C37H37N2+. The first-order valence-corrected chi connectivity index (χ1v) is 13.9. The van der Waals surface area contributed by atoms with E-state index < -0.39 is 0 Å². The van der Waals surface area contributed by atoms with E-state index in [1.165, 1.54) is 50.2 Å². The maximum atomic E-state index is 4.09. The van der Waals surface area contributed by atoms with Gasteiger partial charge in [-0.3, -0.25) is 0 Å². The van der Waals surface area contributed by atoms with Crippen LogP contribution in [0.5, 0.6) is 0 Å². The van der Waals surface area contributed by atoms with Crippen LogP contribution in [0, 0.1) is 0 Å². The first kappa shape index (κ1) is 25.1. The lowest BCUT2D eigenvalue weighted by molar-refractivity contribution is -0.401. The van der Waals surface area contributed by atoms with Crippen LogP contribution in [0.3, 0.4) is 0 Å². The minimum absolute atomic E-state index is 0.101.